The molecule has 23 heavy (non-hydrogen) atoms. The summed E-state index contributed by atoms with van der Waals surface area (Å²) in [5, 5.41) is 19.5. The van der Waals surface area contributed by atoms with Gasteiger partial charge in [-0.2, -0.15) is 0 Å². The van der Waals surface area contributed by atoms with Crippen LogP contribution in [0.1, 0.15) is 0 Å². The van der Waals surface area contributed by atoms with Crippen molar-refractivity contribution in [3.05, 3.63) is 48.5 Å². The van der Waals surface area contributed by atoms with E-state index in [1.54, 1.807) is 21.8 Å². The maximum absolute atomic E-state index is 4.12. The summed E-state index contributed by atoms with van der Waals surface area (Å²) >= 11 is 1.69. The van der Waals surface area contributed by atoms with Gasteiger partial charge in [-0.05, 0) is 48.5 Å². The first-order valence-electron chi connectivity index (χ1n) is 7.09. The molecule has 6 nitrogen and oxygen atoms in total. The largest absolute Gasteiger partial charge is 0.285 e. The van der Waals surface area contributed by atoms with Crippen molar-refractivity contribution < 1.29 is 0 Å². The molecule has 0 bridgehead atoms. The van der Waals surface area contributed by atoms with Crippen LogP contribution in [0.3, 0.4) is 0 Å². The Morgan fingerprint density at radius 3 is 1.26 bits per heavy atom. The third-order valence-corrected chi connectivity index (χ3v) is 3.60. The number of benzene rings is 2. The monoisotopic (exact) mass is 328 g/mol. The van der Waals surface area contributed by atoms with Crippen molar-refractivity contribution >= 4 is 23.1 Å². The highest BCUT2D eigenvalue weighted by Gasteiger charge is 1.99. The van der Waals surface area contributed by atoms with Gasteiger partial charge in [0.1, 0.15) is 0 Å². The smallest absolute Gasteiger partial charge is 0.0875 e. The zero-order valence-corrected chi connectivity index (χ0v) is 14.5. The molecule has 0 radical (unpaired) electrons. The fourth-order valence-corrected chi connectivity index (χ4v) is 2.40. The van der Waals surface area contributed by atoms with Gasteiger partial charge in [-0.1, -0.05) is 22.2 Å². The highest BCUT2D eigenvalue weighted by Crippen LogP contribution is 2.30. The van der Waals surface area contributed by atoms with Gasteiger partial charge in [0.25, 0.3) is 0 Å². The molecule has 0 spiro atoms. The first-order chi connectivity index (χ1) is 11.0. The van der Waals surface area contributed by atoms with Crippen LogP contribution >= 0.6 is 11.8 Å². The van der Waals surface area contributed by atoms with Crippen molar-refractivity contribution in [3.8, 4) is 0 Å². The van der Waals surface area contributed by atoms with Crippen molar-refractivity contribution in [2.24, 2.45) is 20.7 Å². The summed E-state index contributed by atoms with van der Waals surface area (Å²) in [5.74, 6) is 0. The lowest BCUT2D eigenvalue weighted by Gasteiger charge is -2.04. The van der Waals surface area contributed by atoms with Gasteiger partial charge in [0.15, 0.2) is 0 Å². The van der Waals surface area contributed by atoms with E-state index in [1.165, 1.54) is 0 Å². The maximum Gasteiger partial charge on any atom is 0.0875 e. The third-order valence-electron chi connectivity index (χ3n) is 2.59. The zero-order valence-electron chi connectivity index (χ0n) is 13.7. The lowest BCUT2D eigenvalue weighted by Crippen LogP contribution is -1.98. The molecule has 0 N–H and O–H groups in total. The minimum atomic E-state index is 0.836. The molecule has 7 heteroatoms. The molecule has 0 aliphatic carbocycles. The predicted molar refractivity (Wildman–Crippen MR) is 93.4 cm³/mol. The van der Waals surface area contributed by atoms with Gasteiger partial charge in [-0.3, -0.25) is 10.0 Å². The SMILES string of the molecule is CN(C)N=Nc1ccc(Sc2ccc(N=NN(C)C)cc2)cc1. The van der Waals surface area contributed by atoms with Gasteiger partial charge >= 0.3 is 0 Å². The summed E-state index contributed by atoms with van der Waals surface area (Å²) in [7, 11) is 7.37. The highest BCUT2D eigenvalue weighted by molar-refractivity contribution is 7.99. The second kappa shape index (κ2) is 8.28. The topological polar surface area (TPSA) is 55.9 Å². The fourth-order valence-electron chi connectivity index (χ4n) is 1.58. The molecule has 0 amide bonds. The Morgan fingerprint density at radius 2 is 0.957 bits per heavy atom. The Morgan fingerprint density at radius 1 is 0.609 bits per heavy atom. The van der Waals surface area contributed by atoms with E-state index in [0.29, 0.717) is 0 Å². The van der Waals surface area contributed by atoms with E-state index in [0.717, 1.165) is 21.2 Å². The van der Waals surface area contributed by atoms with E-state index in [1.807, 2.05) is 76.7 Å². The number of hydrogen-bond donors (Lipinski definition) is 0. The molecule has 0 heterocycles. The lowest BCUT2D eigenvalue weighted by molar-refractivity contribution is 0.408. The second-order valence-corrected chi connectivity index (χ2v) is 6.31. The van der Waals surface area contributed by atoms with Crippen LogP contribution in [0.5, 0.6) is 0 Å². The van der Waals surface area contributed by atoms with Crippen molar-refractivity contribution in [3.63, 3.8) is 0 Å². The Balaban J connectivity index is 1.99. The molecule has 0 fully saturated rings. The summed E-state index contributed by atoms with van der Waals surface area (Å²) in [5.41, 5.74) is 1.67. The maximum atomic E-state index is 4.12. The first kappa shape index (κ1) is 17.0. The second-order valence-electron chi connectivity index (χ2n) is 5.16. The van der Waals surface area contributed by atoms with Gasteiger partial charge < -0.3 is 0 Å². The minimum absolute atomic E-state index is 0.836. The molecule has 0 saturated carbocycles. The summed E-state index contributed by atoms with van der Waals surface area (Å²) in [6.07, 6.45) is 0. The molecule has 0 saturated heterocycles. The van der Waals surface area contributed by atoms with E-state index in [2.05, 4.69) is 20.7 Å². The zero-order chi connectivity index (χ0) is 16.7. The number of nitrogens with zero attached hydrogens (tertiary/aromatic N) is 6. The Hall–Kier alpha value is -2.41. The van der Waals surface area contributed by atoms with Crippen molar-refractivity contribution in [2.75, 3.05) is 28.2 Å². The Bertz CT molecular complexity index is 602. The van der Waals surface area contributed by atoms with E-state index in [4.69, 9.17) is 0 Å². The number of hydrogen-bond acceptors (Lipinski definition) is 5. The van der Waals surface area contributed by atoms with Crippen LogP contribution in [-0.4, -0.2) is 38.2 Å². The van der Waals surface area contributed by atoms with Gasteiger partial charge in [0.2, 0.25) is 0 Å². The summed E-state index contributed by atoms with van der Waals surface area (Å²) in [6, 6.07) is 16.0. The third kappa shape index (κ3) is 6.07. The minimum Gasteiger partial charge on any atom is -0.285 e. The van der Waals surface area contributed by atoms with E-state index in [9.17, 15) is 0 Å². The van der Waals surface area contributed by atoms with Crippen molar-refractivity contribution in [1.82, 2.24) is 10.0 Å². The van der Waals surface area contributed by atoms with Crippen LogP contribution in [0.15, 0.2) is 79.0 Å². The normalized spacial score (nSPS) is 11.3. The molecule has 2 aromatic rings. The van der Waals surface area contributed by atoms with Crippen LogP contribution in [0.25, 0.3) is 0 Å². The molecule has 0 aromatic heterocycles. The molecule has 2 aromatic carbocycles. The van der Waals surface area contributed by atoms with Gasteiger partial charge in [0.05, 0.1) is 11.4 Å². The molecule has 0 atom stereocenters. The van der Waals surface area contributed by atoms with Crippen LogP contribution in [0.4, 0.5) is 11.4 Å². The van der Waals surface area contributed by atoms with E-state index >= 15 is 0 Å². The van der Waals surface area contributed by atoms with Crippen LogP contribution < -0.4 is 0 Å². The molecule has 0 aliphatic heterocycles. The molecular weight excluding hydrogens is 308 g/mol. The summed E-state index contributed by atoms with van der Waals surface area (Å²) in [4.78, 5) is 2.30. The van der Waals surface area contributed by atoms with E-state index < -0.39 is 0 Å². The summed E-state index contributed by atoms with van der Waals surface area (Å²) in [6.45, 7) is 0. The first-order valence-corrected chi connectivity index (χ1v) is 7.90. The average Bonchev–Trinajstić information content (AvgIpc) is 2.53. The summed E-state index contributed by atoms with van der Waals surface area (Å²) < 4.78 is 0. The highest BCUT2D eigenvalue weighted by atomic mass is 32.2. The molecule has 0 unspecified atom stereocenters. The number of rotatable bonds is 6. The Labute approximate surface area is 140 Å². The van der Waals surface area contributed by atoms with Crippen molar-refractivity contribution in [2.45, 2.75) is 9.79 Å². The standard InChI is InChI=1S/C16H20N6S/c1-21(2)19-17-13-5-9-15(10-6-13)23-16-11-7-14(8-12-16)18-20-22(3)4/h5-12H,1-4H3. The van der Waals surface area contributed by atoms with Gasteiger partial charge in [-0.25, -0.2) is 0 Å². The Kier molecular flexibility index (Phi) is 6.10. The van der Waals surface area contributed by atoms with Crippen LogP contribution in [0, 0.1) is 0 Å². The van der Waals surface area contributed by atoms with Crippen molar-refractivity contribution in [1.29, 1.82) is 0 Å². The van der Waals surface area contributed by atoms with E-state index in [-0.39, 0.29) is 0 Å². The van der Waals surface area contributed by atoms with Crippen LogP contribution in [-0.2, 0) is 0 Å². The van der Waals surface area contributed by atoms with Crippen LogP contribution in [0.2, 0.25) is 0 Å². The average molecular weight is 328 g/mol. The van der Waals surface area contributed by atoms with Gasteiger partial charge in [0, 0.05) is 38.0 Å². The lowest BCUT2D eigenvalue weighted by atomic mass is 10.3. The quantitative estimate of drug-likeness (QED) is 0.556. The predicted octanol–water partition coefficient (Wildman–Crippen LogP) is 4.96. The fraction of sp³-hybridized carbons (Fsp3) is 0.250. The molecular formula is C16H20N6S. The molecule has 2 rings (SSSR count). The molecule has 0 aliphatic rings. The van der Waals surface area contributed by atoms with Gasteiger partial charge in [-0.15, -0.1) is 10.2 Å². The molecule has 120 valence electrons.